The molecular formula is C38H36O3. The average Bonchev–Trinajstić information content (AvgIpc) is 3.40. The van der Waals surface area contributed by atoms with E-state index in [2.05, 4.69) is 52.0 Å². The predicted molar refractivity (Wildman–Crippen MR) is 167 cm³/mol. The summed E-state index contributed by atoms with van der Waals surface area (Å²) in [4.78, 5) is 41.3. The molecule has 0 bridgehead atoms. The zero-order chi connectivity index (χ0) is 29.6. The van der Waals surface area contributed by atoms with Gasteiger partial charge in [-0.05, 0) is 89.2 Å². The number of benzene rings is 1. The highest BCUT2D eigenvalue weighted by atomic mass is 16.1. The van der Waals surface area contributed by atoms with Gasteiger partial charge in [0.25, 0.3) is 0 Å². The van der Waals surface area contributed by atoms with Crippen LogP contribution in [0.4, 0.5) is 0 Å². The summed E-state index contributed by atoms with van der Waals surface area (Å²) < 4.78 is 0. The summed E-state index contributed by atoms with van der Waals surface area (Å²) in [5.74, 6) is 0.125. The summed E-state index contributed by atoms with van der Waals surface area (Å²) in [6.45, 7) is 14.0. The fourth-order valence-corrected chi connectivity index (χ4v) is 5.78. The van der Waals surface area contributed by atoms with Crippen molar-refractivity contribution in [2.75, 3.05) is 0 Å². The minimum Gasteiger partial charge on any atom is -0.294 e. The van der Waals surface area contributed by atoms with Crippen LogP contribution in [0.2, 0.25) is 0 Å². The first-order chi connectivity index (χ1) is 19.5. The molecule has 4 aliphatic carbocycles. The van der Waals surface area contributed by atoms with Gasteiger partial charge in [-0.25, -0.2) is 0 Å². The van der Waals surface area contributed by atoms with Crippen molar-refractivity contribution in [3.63, 3.8) is 0 Å². The Kier molecular flexibility index (Phi) is 7.48. The Bertz CT molecular complexity index is 1750. The second-order valence-electron chi connectivity index (χ2n) is 11.7. The number of ketones is 3. The van der Waals surface area contributed by atoms with E-state index in [9.17, 15) is 14.4 Å². The monoisotopic (exact) mass is 540 g/mol. The van der Waals surface area contributed by atoms with Crippen molar-refractivity contribution in [1.29, 1.82) is 0 Å². The van der Waals surface area contributed by atoms with Gasteiger partial charge in [-0.15, -0.1) is 0 Å². The average molecular weight is 541 g/mol. The molecule has 4 aliphatic rings. The Labute approximate surface area is 242 Å². The van der Waals surface area contributed by atoms with Crippen molar-refractivity contribution in [3.05, 3.63) is 129 Å². The highest BCUT2D eigenvalue weighted by Gasteiger charge is 2.31. The Hall–Kier alpha value is -4.37. The zero-order valence-electron chi connectivity index (χ0n) is 24.9. The number of Topliss-reactive ketones (excluding diaryl/α,β-unsaturated/α-hetero) is 1. The maximum atomic E-state index is 14.6. The van der Waals surface area contributed by atoms with Crippen LogP contribution in [-0.4, -0.2) is 17.3 Å². The van der Waals surface area contributed by atoms with E-state index >= 15 is 0 Å². The topological polar surface area (TPSA) is 51.2 Å². The number of hydrogen-bond acceptors (Lipinski definition) is 3. The van der Waals surface area contributed by atoms with Crippen molar-refractivity contribution >= 4 is 17.3 Å². The number of aryl methyl sites for hydroxylation is 2. The van der Waals surface area contributed by atoms with Crippen LogP contribution in [0, 0.1) is 13.8 Å². The maximum absolute atomic E-state index is 14.6. The summed E-state index contributed by atoms with van der Waals surface area (Å²) >= 11 is 0. The van der Waals surface area contributed by atoms with Gasteiger partial charge in [0.2, 0.25) is 0 Å². The highest BCUT2D eigenvalue weighted by Crippen LogP contribution is 2.42. The summed E-state index contributed by atoms with van der Waals surface area (Å²) in [6, 6.07) is 25.0. The van der Waals surface area contributed by atoms with Gasteiger partial charge in [0.15, 0.2) is 17.3 Å². The smallest absolute Gasteiger partial charge is 0.194 e. The molecule has 3 heteroatoms. The van der Waals surface area contributed by atoms with E-state index in [4.69, 9.17) is 0 Å². The fraction of sp³-hybridized carbons (Fsp3) is 0.237. The molecule has 0 unspecified atom stereocenters. The van der Waals surface area contributed by atoms with Crippen LogP contribution in [0.3, 0.4) is 0 Å². The fourth-order valence-electron chi connectivity index (χ4n) is 5.78. The molecular weight excluding hydrogens is 504 g/mol. The summed E-state index contributed by atoms with van der Waals surface area (Å²) in [7, 11) is 0. The number of hydrogen-bond donors (Lipinski definition) is 0. The highest BCUT2D eigenvalue weighted by molar-refractivity contribution is 6.24. The molecule has 0 aromatic heterocycles. The number of carbonyl (C=O) groups excluding carboxylic acids is 3. The minimum atomic E-state index is -0.180. The van der Waals surface area contributed by atoms with E-state index in [0.29, 0.717) is 27.8 Å². The van der Waals surface area contributed by atoms with Crippen molar-refractivity contribution in [3.8, 4) is 22.3 Å². The van der Waals surface area contributed by atoms with Crippen LogP contribution < -0.4 is 0 Å². The van der Waals surface area contributed by atoms with E-state index in [-0.39, 0.29) is 29.2 Å². The minimum absolute atomic E-state index is 0.0778. The Morgan fingerprint density at radius 3 is 1.49 bits per heavy atom. The molecule has 0 saturated heterocycles. The second-order valence-corrected chi connectivity index (χ2v) is 11.7. The number of fused-ring (bicyclic) bond motifs is 2. The van der Waals surface area contributed by atoms with Crippen LogP contribution in [-0.2, 0) is 0 Å². The van der Waals surface area contributed by atoms with Gasteiger partial charge in [-0.3, -0.25) is 14.4 Å². The van der Waals surface area contributed by atoms with Crippen molar-refractivity contribution in [2.45, 2.75) is 60.3 Å². The summed E-state index contributed by atoms with van der Waals surface area (Å²) in [5, 5.41) is 0. The molecule has 0 heterocycles. The summed E-state index contributed by atoms with van der Waals surface area (Å²) in [5.41, 5.74) is 9.83. The standard InChI is InChI=1S/C38H36O3/c1-21(2)27-15-13-23(5)35-30(17-27)29(25(7)39)19-34(35)38(41)32-20-33(37(40)26-11-9-8-10-12-26)36-24(6)14-16-28(22(3)4)18-31(32)36/h8-22H,1-7H3. The maximum Gasteiger partial charge on any atom is 0.194 e. The van der Waals surface area contributed by atoms with Gasteiger partial charge >= 0.3 is 0 Å². The van der Waals surface area contributed by atoms with E-state index in [1.54, 1.807) is 31.2 Å². The molecule has 0 fully saturated rings. The Morgan fingerprint density at radius 2 is 1.00 bits per heavy atom. The zero-order valence-corrected chi connectivity index (χ0v) is 24.9. The van der Waals surface area contributed by atoms with Gasteiger partial charge in [-0.2, -0.15) is 0 Å². The first kappa shape index (κ1) is 28.2. The van der Waals surface area contributed by atoms with Gasteiger partial charge in [0.05, 0.1) is 0 Å². The molecule has 0 saturated carbocycles. The SMILES string of the molecule is CC(=O)c1cc(C(=O)c2cc(C(=O)c3ccccc3)c3c(C)ccc(C(C)C)cc2-3)c2c(C)ccc(C(C)C)cc1-2. The summed E-state index contributed by atoms with van der Waals surface area (Å²) in [6.07, 6.45) is 0. The van der Waals surface area contributed by atoms with Crippen LogP contribution in [0.5, 0.6) is 0 Å². The van der Waals surface area contributed by atoms with Gasteiger partial charge in [0, 0.05) is 27.8 Å². The number of rotatable bonds is 7. The molecule has 0 radical (unpaired) electrons. The van der Waals surface area contributed by atoms with Crippen LogP contribution in [0.25, 0.3) is 22.3 Å². The Balaban J connectivity index is 1.80. The molecule has 206 valence electrons. The molecule has 0 atom stereocenters. The van der Waals surface area contributed by atoms with Crippen molar-refractivity contribution < 1.29 is 14.4 Å². The predicted octanol–water partition coefficient (Wildman–Crippen LogP) is 9.42. The Morgan fingerprint density at radius 1 is 0.537 bits per heavy atom. The van der Waals surface area contributed by atoms with E-state index in [1.165, 1.54) is 0 Å². The first-order valence-corrected chi connectivity index (χ1v) is 14.3. The molecule has 0 aliphatic heterocycles. The lowest BCUT2D eigenvalue weighted by Crippen LogP contribution is -2.02. The third-order valence-electron chi connectivity index (χ3n) is 8.18. The van der Waals surface area contributed by atoms with Crippen LogP contribution >= 0.6 is 0 Å². The normalized spacial score (nSPS) is 11.5. The second kappa shape index (κ2) is 10.9. The number of carbonyl (C=O) groups is 3. The molecule has 3 nitrogen and oxygen atoms in total. The van der Waals surface area contributed by atoms with Crippen molar-refractivity contribution in [1.82, 2.24) is 0 Å². The van der Waals surface area contributed by atoms with E-state index < -0.39 is 0 Å². The quantitative estimate of drug-likeness (QED) is 0.193. The van der Waals surface area contributed by atoms with Crippen molar-refractivity contribution in [2.24, 2.45) is 0 Å². The lowest BCUT2D eigenvalue weighted by Gasteiger charge is -2.08. The molecule has 1 aromatic rings. The molecule has 0 amide bonds. The molecule has 41 heavy (non-hydrogen) atoms. The van der Waals surface area contributed by atoms with Gasteiger partial charge < -0.3 is 0 Å². The molecule has 5 rings (SSSR count). The largest absolute Gasteiger partial charge is 0.294 e. The van der Waals surface area contributed by atoms with E-state index in [1.807, 2.05) is 44.2 Å². The van der Waals surface area contributed by atoms with Gasteiger partial charge in [0.1, 0.15) is 0 Å². The molecule has 0 N–H and O–H groups in total. The molecule has 1 aromatic carbocycles. The van der Waals surface area contributed by atoms with Crippen LogP contribution in [0.15, 0.2) is 78.9 Å². The third kappa shape index (κ3) is 5.02. The lowest BCUT2D eigenvalue weighted by atomic mass is 9.94. The molecule has 0 spiro atoms. The van der Waals surface area contributed by atoms with Gasteiger partial charge in [-0.1, -0.05) is 94.4 Å². The van der Waals surface area contributed by atoms with E-state index in [0.717, 1.165) is 44.5 Å². The first-order valence-electron chi connectivity index (χ1n) is 14.3. The van der Waals surface area contributed by atoms with Crippen LogP contribution in [0.1, 0.15) is 111 Å². The third-order valence-corrected chi connectivity index (χ3v) is 8.18. The lowest BCUT2D eigenvalue weighted by molar-refractivity contribution is 0.101.